The summed E-state index contributed by atoms with van der Waals surface area (Å²) in [5.41, 5.74) is 7.22. The van der Waals surface area contributed by atoms with E-state index in [4.69, 9.17) is 10.5 Å². The summed E-state index contributed by atoms with van der Waals surface area (Å²) in [7, 11) is 0. The summed E-state index contributed by atoms with van der Waals surface area (Å²) < 4.78 is 7.47. The highest BCUT2D eigenvalue weighted by Gasteiger charge is 2.44. The van der Waals surface area contributed by atoms with Gasteiger partial charge in [-0.1, -0.05) is 18.2 Å². The number of aromatic nitrogens is 4. The second-order valence-electron chi connectivity index (χ2n) is 6.17. The number of rotatable bonds is 3. The van der Waals surface area contributed by atoms with Crippen molar-refractivity contribution in [3.05, 3.63) is 48.5 Å². The van der Waals surface area contributed by atoms with Crippen LogP contribution in [0.25, 0.3) is 11.2 Å². The average molecular weight is 354 g/mol. The van der Waals surface area contributed by atoms with Crippen LogP contribution in [0.1, 0.15) is 23.5 Å². The molecule has 1 saturated heterocycles. The van der Waals surface area contributed by atoms with Crippen LogP contribution in [-0.4, -0.2) is 48.8 Å². The maximum Gasteiger partial charge on any atom is 0.251 e. The normalized spacial score (nSPS) is 25.5. The first kappa shape index (κ1) is 16.4. The van der Waals surface area contributed by atoms with Crippen LogP contribution in [-0.2, 0) is 4.74 Å². The molecule has 1 amide bonds. The SMILES string of the molecule is C[C@H]1O[C@@H](n2cnc3c(N)ncnc32)[C@H](O)[C@@H]1NC(=O)c1ccccc1. The second kappa shape index (κ2) is 6.36. The highest BCUT2D eigenvalue weighted by atomic mass is 16.5. The lowest BCUT2D eigenvalue weighted by Crippen LogP contribution is -2.46. The summed E-state index contributed by atoms with van der Waals surface area (Å²) in [5, 5.41) is 13.6. The fourth-order valence-electron chi connectivity index (χ4n) is 3.15. The van der Waals surface area contributed by atoms with Crippen molar-refractivity contribution in [3.8, 4) is 0 Å². The second-order valence-corrected chi connectivity index (χ2v) is 6.17. The molecule has 9 nitrogen and oxygen atoms in total. The topological polar surface area (TPSA) is 128 Å². The molecule has 1 aliphatic rings. The summed E-state index contributed by atoms with van der Waals surface area (Å²) in [4.78, 5) is 24.7. The van der Waals surface area contributed by atoms with E-state index < -0.39 is 24.5 Å². The minimum absolute atomic E-state index is 0.253. The number of aliphatic hydroxyl groups is 1. The lowest BCUT2D eigenvalue weighted by Gasteiger charge is -2.20. The smallest absolute Gasteiger partial charge is 0.251 e. The zero-order chi connectivity index (χ0) is 18.3. The predicted molar refractivity (Wildman–Crippen MR) is 93.0 cm³/mol. The van der Waals surface area contributed by atoms with Crippen LogP contribution >= 0.6 is 0 Å². The first-order valence-electron chi connectivity index (χ1n) is 8.18. The predicted octanol–water partition coefficient (Wildman–Crippen LogP) is 0.485. The first-order valence-corrected chi connectivity index (χ1v) is 8.18. The van der Waals surface area contributed by atoms with Gasteiger partial charge in [0.1, 0.15) is 17.9 Å². The van der Waals surface area contributed by atoms with E-state index in [2.05, 4.69) is 20.3 Å². The number of carbonyl (C=O) groups excluding carboxylic acids is 1. The summed E-state index contributed by atoms with van der Waals surface area (Å²) >= 11 is 0. The zero-order valence-corrected chi connectivity index (χ0v) is 14.0. The molecule has 4 rings (SSSR count). The minimum Gasteiger partial charge on any atom is -0.386 e. The Kier molecular flexibility index (Phi) is 4.02. The third kappa shape index (κ3) is 2.67. The summed E-state index contributed by atoms with van der Waals surface area (Å²) in [6.45, 7) is 1.79. The number of anilines is 1. The van der Waals surface area contributed by atoms with Gasteiger partial charge in [0.2, 0.25) is 0 Å². The van der Waals surface area contributed by atoms with Gasteiger partial charge in [-0.2, -0.15) is 0 Å². The number of nitrogen functional groups attached to an aromatic ring is 1. The number of imidazole rings is 1. The summed E-state index contributed by atoms with van der Waals surface area (Å²) in [5.74, 6) is -0.0176. The number of hydrogen-bond acceptors (Lipinski definition) is 7. The van der Waals surface area contributed by atoms with Crippen molar-refractivity contribution in [3.63, 3.8) is 0 Å². The number of amides is 1. The van der Waals surface area contributed by atoms with Gasteiger partial charge >= 0.3 is 0 Å². The van der Waals surface area contributed by atoms with Gasteiger partial charge in [-0.15, -0.1) is 0 Å². The molecule has 9 heteroatoms. The molecule has 4 atom stereocenters. The van der Waals surface area contributed by atoms with Crippen LogP contribution in [0.2, 0.25) is 0 Å². The Bertz CT molecular complexity index is 944. The molecular weight excluding hydrogens is 336 g/mol. The highest BCUT2D eigenvalue weighted by Crippen LogP contribution is 2.31. The molecule has 26 heavy (non-hydrogen) atoms. The van der Waals surface area contributed by atoms with Crippen LogP contribution in [0.15, 0.2) is 43.0 Å². The molecule has 0 saturated carbocycles. The van der Waals surface area contributed by atoms with Crippen LogP contribution in [0, 0.1) is 0 Å². The quantitative estimate of drug-likeness (QED) is 0.624. The molecular formula is C17H18N6O3. The van der Waals surface area contributed by atoms with E-state index in [1.165, 1.54) is 12.7 Å². The van der Waals surface area contributed by atoms with Gasteiger partial charge < -0.3 is 20.9 Å². The van der Waals surface area contributed by atoms with Crippen molar-refractivity contribution in [2.24, 2.45) is 0 Å². The zero-order valence-electron chi connectivity index (χ0n) is 14.0. The highest BCUT2D eigenvalue weighted by molar-refractivity contribution is 5.94. The van der Waals surface area contributed by atoms with E-state index in [-0.39, 0.29) is 11.7 Å². The molecule has 1 aliphatic heterocycles. The van der Waals surface area contributed by atoms with E-state index >= 15 is 0 Å². The number of carbonyl (C=O) groups is 1. The molecule has 0 unspecified atom stereocenters. The summed E-state index contributed by atoms with van der Waals surface area (Å²) in [6.07, 6.45) is 0.698. The van der Waals surface area contributed by atoms with Crippen molar-refractivity contribution in [1.82, 2.24) is 24.8 Å². The van der Waals surface area contributed by atoms with Gasteiger partial charge in [-0.3, -0.25) is 9.36 Å². The fraction of sp³-hybridized carbons (Fsp3) is 0.294. The Balaban J connectivity index is 1.59. The van der Waals surface area contributed by atoms with E-state index in [1.54, 1.807) is 35.8 Å². The molecule has 2 aromatic heterocycles. The molecule has 4 N–H and O–H groups in total. The maximum absolute atomic E-state index is 12.4. The molecule has 0 bridgehead atoms. The van der Waals surface area contributed by atoms with Crippen molar-refractivity contribution in [1.29, 1.82) is 0 Å². The van der Waals surface area contributed by atoms with Gasteiger partial charge in [0.05, 0.1) is 18.5 Å². The number of fused-ring (bicyclic) bond motifs is 1. The molecule has 134 valence electrons. The van der Waals surface area contributed by atoms with Crippen molar-refractivity contribution >= 4 is 22.9 Å². The van der Waals surface area contributed by atoms with Gasteiger partial charge in [0.25, 0.3) is 5.91 Å². The van der Waals surface area contributed by atoms with Gasteiger partial charge in [0.15, 0.2) is 17.7 Å². The van der Waals surface area contributed by atoms with Gasteiger partial charge in [-0.05, 0) is 19.1 Å². The van der Waals surface area contributed by atoms with Crippen LogP contribution in [0.3, 0.4) is 0 Å². The third-order valence-corrected chi connectivity index (χ3v) is 4.51. The number of nitrogens with one attached hydrogen (secondary N) is 1. The molecule has 1 aromatic carbocycles. The number of ether oxygens (including phenoxy) is 1. The Labute approximate surface area is 148 Å². The van der Waals surface area contributed by atoms with E-state index in [9.17, 15) is 9.90 Å². The number of nitrogens with two attached hydrogens (primary N) is 1. The van der Waals surface area contributed by atoms with Gasteiger partial charge in [-0.25, -0.2) is 15.0 Å². The van der Waals surface area contributed by atoms with Crippen molar-refractivity contribution < 1.29 is 14.6 Å². The molecule has 0 radical (unpaired) electrons. The average Bonchev–Trinajstić information content (AvgIpc) is 3.19. The van der Waals surface area contributed by atoms with Gasteiger partial charge in [0, 0.05) is 5.56 Å². The number of benzene rings is 1. The maximum atomic E-state index is 12.4. The van der Waals surface area contributed by atoms with Crippen molar-refractivity contribution in [2.75, 3.05) is 5.73 Å². The Morgan fingerprint density at radius 3 is 2.81 bits per heavy atom. The van der Waals surface area contributed by atoms with Crippen LogP contribution < -0.4 is 11.1 Å². The van der Waals surface area contributed by atoms with Crippen LogP contribution in [0.5, 0.6) is 0 Å². The number of aliphatic hydroxyl groups excluding tert-OH is 1. The summed E-state index contributed by atoms with van der Waals surface area (Å²) in [6, 6.07) is 8.24. The van der Waals surface area contributed by atoms with Crippen LogP contribution in [0.4, 0.5) is 5.82 Å². The largest absolute Gasteiger partial charge is 0.386 e. The molecule has 0 spiro atoms. The third-order valence-electron chi connectivity index (χ3n) is 4.51. The molecule has 3 aromatic rings. The molecule has 0 aliphatic carbocycles. The fourth-order valence-corrected chi connectivity index (χ4v) is 3.15. The van der Waals surface area contributed by atoms with E-state index in [0.717, 1.165) is 0 Å². The standard InChI is InChI=1S/C17H18N6O3/c1-9-11(22-16(25)10-5-3-2-4-6-10)13(24)17(26-9)23-8-21-12-14(18)19-7-20-15(12)23/h2-9,11,13,17,24H,1H3,(H,22,25)(H2,18,19,20)/t9-,11-,13-,17-/m1/s1. The number of nitrogens with zero attached hydrogens (tertiary/aromatic N) is 4. The Morgan fingerprint density at radius 2 is 2.04 bits per heavy atom. The number of hydrogen-bond donors (Lipinski definition) is 3. The Hall–Kier alpha value is -3.04. The first-order chi connectivity index (χ1) is 12.6. The van der Waals surface area contributed by atoms with E-state index in [1.807, 2.05) is 6.07 Å². The lowest BCUT2D eigenvalue weighted by molar-refractivity contribution is -0.0297. The Morgan fingerprint density at radius 1 is 1.27 bits per heavy atom. The lowest BCUT2D eigenvalue weighted by atomic mass is 10.1. The van der Waals surface area contributed by atoms with E-state index in [0.29, 0.717) is 16.7 Å². The van der Waals surface area contributed by atoms with Crippen molar-refractivity contribution in [2.45, 2.75) is 31.4 Å². The monoisotopic (exact) mass is 354 g/mol. The molecule has 3 heterocycles. The minimum atomic E-state index is -0.980. The molecule has 1 fully saturated rings.